The van der Waals surface area contributed by atoms with E-state index in [1.807, 2.05) is 42.6 Å². The first kappa shape index (κ1) is 10.5. The monoisotopic (exact) mass is 236 g/mol. The largest absolute Gasteiger partial charge is 0.396 e. The Morgan fingerprint density at radius 3 is 2.83 bits per heavy atom. The van der Waals surface area contributed by atoms with E-state index >= 15 is 0 Å². The molecule has 0 amide bonds. The van der Waals surface area contributed by atoms with Crippen molar-refractivity contribution in [1.82, 2.24) is 9.97 Å². The Morgan fingerprint density at radius 2 is 1.94 bits per heavy atom. The minimum absolute atomic E-state index is 0.628. The van der Waals surface area contributed by atoms with E-state index in [4.69, 9.17) is 5.73 Å². The van der Waals surface area contributed by atoms with E-state index in [9.17, 15) is 0 Å². The van der Waals surface area contributed by atoms with Gasteiger partial charge < -0.3 is 11.1 Å². The molecular weight excluding hydrogens is 224 g/mol. The van der Waals surface area contributed by atoms with Crippen LogP contribution in [0.15, 0.2) is 55.0 Å². The van der Waals surface area contributed by atoms with Crippen molar-refractivity contribution in [3.63, 3.8) is 0 Å². The minimum atomic E-state index is 0.628. The van der Waals surface area contributed by atoms with Gasteiger partial charge in [-0.2, -0.15) is 0 Å². The van der Waals surface area contributed by atoms with Crippen LogP contribution < -0.4 is 11.1 Å². The molecule has 0 fully saturated rings. The second-order valence-electron chi connectivity index (χ2n) is 3.97. The zero-order valence-corrected chi connectivity index (χ0v) is 9.67. The first-order valence-electron chi connectivity index (χ1n) is 5.65. The number of nitrogens with two attached hydrogens (primary N) is 1. The summed E-state index contributed by atoms with van der Waals surface area (Å²) in [5.41, 5.74) is 7.48. The van der Waals surface area contributed by atoms with Crippen LogP contribution >= 0.6 is 0 Å². The molecule has 0 aliphatic heterocycles. The Morgan fingerprint density at radius 1 is 1.00 bits per heavy atom. The average Bonchev–Trinajstić information content (AvgIpc) is 2.42. The van der Waals surface area contributed by atoms with Gasteiger partial charge in [0.1, 0.15) is 0 Å². The Labute approximate surface area is 104 Å². The van der Waals surface area contributed by atoms with Crippen LogP contribution in [-0.4, -0.2) is 9.97 Å². The van der Waals surface area contributed by atoms with Gasteiger partial charge in [-0.15, -0.1) is 0 Å². The molecule has 88 valence electrons. The van der Waals surface area contributed by atoms with Crippen molar-refractivity contribution >= 4 is 28.0 Å². The molecule has 2 heterocycles. The molecule has 0 radical (unpaired) electrons. The molecule has 0 aliphatic carbocycles. The van der Waals surface area contributed by atoms with E-state index < -0.39 is 0 Å². The molecule has 0 unspecified atom stereocenters. The highest BCUT2D eigenvalue weighted by molar-refractivity contribution is 5.95. The number of anilines is 3. The quantitative estimate of drug-likeness (QED) is 0.718. The molecule has 0 aliphatic rings. The zero-order valence-electron chi connectivity index (χ0n) is 9.67. The molecule has 0 spiro atoms. The average molecular weight is 236 g/mol. The fraction of sp³-hybridized carbons (Fsp3) is 0. The standard InChI is InChI=1S/C14H12N4/c15-12-4-2-7-17-14(12)18-13-5-1-3-10-9-16-8-6-11(10)13/h1-9H,15H2,(H,17,18). The van der Waals surface area contributed by atoms with Gasteiger partial charge in [-0.25, -0.2) is 4.98 Å². The van der Waals surface area contributed by atoms with Crippen molar-refractivity contribution in [3.8, 4) is 0 Å². The number of fused-ring (bicyclic) bond motifs is 1. The number of hydrogen-bond donors (Lipinski definition) is 2. The van der Waals surface area contributed by atoms with E-state index in [0.717, 1.165) is 16.5 Å². The molecule has 1 aromatic carbocycles. The third-order valence-electron chi connectivity index (χ3n) is 2.77. The molecule has 3 N–H and O–H groups in total. The van der Waals surface area contributed by atoms with E-state index in [-0.39, 0.29) is 0 Å². The lowest BCUT2D eigenvalue weighted by atomic mass is 10.1. The highest BCUT2D eigenvalue weighted by atomic mass is 15.0. The zero-order chi connectivity index (χ0) is 12.4. The van der Waals surface area contributed by atoms with Gasteiger partial charge in [-0.05, 0) is 24.3 Å². The maximum absolute atomic E-state index is 5.88. The SMILES string of the molecule is Nc1cccnc1Nc1cccc2cnccc12. The molecule has 3 rings (SSSR count). The van der Waals surface area contributed by atoms with Crippen LogP contribution in [0.2, 0.25) is 0 Å². The number of nitrogens with one attached hydrogen (secondary N) is 1. The number of hydrogen-bond acceptors (Lipinski definition) is 4. The van der Waals surface area contributed by atoms with Gasteiger partial charge in [-0.1, -0.05) is 12.1 Å². The fourth-order valence-corrected chi connectivity index (χ4v) is 1.88. The molecule has 2 aromatic heterocycles. The van der Waals surface area contributed by atoms with Crippen LogP contribution in [0.5, 0.6) is 0 Å². The summed E-state index contributed by atoms with van der Waals surface area (Å²) in [6.07, 6.45) is 5.32. The van der Waals surface area contributed by atoms with Crippen LogP contribution in [0.1, 0.15) is 0 Å². The number of nitrogen functional groups attached to an aromatic ring is 1. The van der Waals surface area contributed by atoms with E-state index in [1.54, 1.807) is 12.4 Å². The highest BCUT2D eigenvalue weighted by Gasteiger charge is 2.03. The molecule has 4 nitrogen and oxygen atoms in total. The summed E-state index contributed by atoms with van der Waals surface area (Å²) in [6.45, 7) is 0. The number of nitrogens with zero attached hydrogens (tertiary/aromatic N) is 2. The van der Waals surface area contributed by atoms with Crippen LogP contribution in [0, 0.1) is 0 Å². The van der Waals surface area contributed by atoms with Gasteiger partial charge in [0, 0.05) is 35.1 Å². The number of aromatic nitrogens is 2. The first-order valence-corrected chi connectivity index (χ1v) is 5.65. The Bertz CT molecular complexity index is 689. The smallest absolute Gasteiger partial charge is 0.153 e. The molecule has 3 aromatic rings. The van der Waals surface area contributed by atoms with E-state index in [2.05, 4.69) is 15.3 Å². The van der Waals surface area contributed by atoms with Gasteiger partial charge in [0.2, 0.25) is 0 Å². The van der Waals surface area contributed by atoms with Gasteiger partial charge in [-0.3, -0.25) is 4.98 Å². The molecule has 0 atom stereocenters. The second-order valence-corrected chi connectivity index (χ2v) is 3.97. The summed E-state index contributed by atoms with van der Waals surface area (Å²) < 4.78 is 0. The van der Waals surface area contributed by atoms with Crippen molar-refractivity contribution in [2.75, 3.05) is 11.1 Å². The lowest BCUT2D eigenvalue weighted by Gasteiger charge is -2.10. The third kappa shape index (κ3) is 1.84. The lowest BCUT2D eigenvalue weighted by molar-refractivity contribution is 1.31. The predicted molar refractivity (Wildman–Crippen MR) is 73.7 cm³/mol. The summed E-state index contributed by atoms with van der Waals surface area (Å²) in [6, 6.07) is 11.6. The normalized spacial score (nSPS) is 10.4. The second kappa shape index (κ2) is 4.33. The molecule has 0 saturated heterocycles. The summed E-state index contributed by atoms with van der Waals surface area (Å²) in [4.78, 5) is 8.34. The highest BCUT2D eigenvalue weighted by Crippen LogP contribution is 2.26. The van der Waals surface area contributed by atoms with Crippen molar-refractivity contribution in [3.05, 3.63) is 55.0 Å². The first-order chi connectivity index (χ1) is 8.84. The molecule has 0 saturated carbocycles. The fourth-order valence-electron chi connectivity index (χ4n) is 1.88. The van der Waals surface area contributed by atoms with Gasteiger partial charge in [0.25, 0.3) is 0 Å². The summed E-state index contributed by atoms with van der Waals surface area (Å²) in [7, 11) is 0. The number of rotatable bonds is 2. The Kier molecular flexibility index (Phi) is 2.53. The van der Waals surface area contributed by atoms with Crippen molar-refractivity contribution < 1.29 is 0 Å². The van der Waals surface area contributed by atoms with Crippen LogP contribution in [0.4, 0.5) is 17.2 Å². The molecular formula is C14H12N4. The Hall–Kier alpha value is -2.62. The van der Waals surface area contributed by atoms with Crippen LogP contribution in [-0.2, 0) is 0 Å². The maximum Gasteiger partial charge on any atom is 0.153 e. The summed E-state index contributed by atoms with van der Waals surface area (Å²) in [5, 5.41) is 5.43. The third-order valence-corrected chi connectivity index (χ3v) is 2.77. The molecule has 4 heteroatoms. The predicted octanol–water partition coefficient (Wildman–Crippen LogP) is 2.96. The van der Waals surface area contributed by atoms with Crippen molar-refractivity contribution in [2.45, 2.75) is 0 Å². The Balaban J connectivity index is 2.08. The lowest BCUT2D eigenvalue weighted by Crippen LogP contribution is -1.98. The van der Waals surface area contributed by atoms with Gasteiger partial charge >= 0.3 is 0 Å². The van der Waals surface area contributed by atoms with Crippen LogP contribution in [0.25, 0.3) is 10.8 Å². The van der Waals surface area contributed by atoms with Gasteiger partial charge in [0.15, 0.2) is 5.82 Å². The molecule has 0 bridgehead atoms. The summed E-state index contributed by atoms with van der Waals surface area (Å²) >= 11 is 0. The van der Waals surface area contributed by atoms with E-state index in [0.29, 0.717) is 11.5 Å². The van der Waals surface area contributed by atoms with E-state index in [1.165, 1.54) is 0 Å². The van der Waals surface area contributed by atoms with Crippen molar-refractivity contribution in [2.24, 2.45) is 0 Å². The van der Waals surface area contributed by atoms with Crippen molar-refractivity contribution in [1.29, 1.82) is 0 Å². The summed E-state index contributed by atoms with van der Waals surface area (Å²) in [5.74, 6) is 0.668. The number of pyridine rings is 2. The minimum Gasteiger partial charge on any atom is -0.396 e. The van der Waals surface area contributed by atoms with Crippen LogP contribution in [0.3, 0.4) is 0 Å². The number of benzene rings is 1. The maximum atomic E-state index is 5.88. The topological polar surface area (TPSA) is 63.8 Å². The van der Waals surface area contributed by atoms with Gasteiger partial charge in [0.05, 0.1) is 5.69 Å². The molecule has 18 heavy (non-hydrogen) atoms.